The Morgan fingerprint density at radius 3 is 2.89 bits per heavy atom. The molecule has 0 saturated heterocycles. The zero-order valence-electron chi connectivity index (χ0n) is 10.1. The van der Waals surface area contributed by atoms with E-state index in [0.29, 0.717) is 5.69 Å². The molecule has 2 heterocycles. The molecule has 19 heavy (non-hydrogen) atoms. The quantitative estimate of drug-likeness (QED) is 0.848. The Hall–Kier alpha value is -2.08. The number of halogens is 1. The molecule has 1 aromatic carbocycles. The maximum Gasteiger partial charge on any atom is 0.220 e. The predicted octanol–water partition coefficient (Wildman–Crippen LogP) is 2.73. The summed E-state index contributed by atoms with van der Waals surface area (Å²) < 4.78 is 2.41. The second-order valence-electron chi connectivity index (χ2n) is 4.26. The molecule has 0 bridgehead atoms. The molecule has 1 aromatic heterocycles. The summed E-state index contributed by atoms with van der Waals surface area (Å²) in [7, 11) is 1.66. The monoisotopic (exact) mass is 318 g/mol. The summed E-state index contributed by atoms with van der Waals surface area (Å²) in [4.78, 5) is 8.43. The number of anilines is 1. The van der Waals surface area contributed by atoms with Crippen LogP contribution in [-0.4, -0.2) is 20.9 Å². The van der Waals surface area contributed by atoms with Gasteiger partial charge >= 0.3 is 0 Å². The van der Waals surface area contributed by atoms with Gasteiger partial charge in [0.05, 0.1) is 5.69 Å². The van der Waals surface area contributed by atoms with E-state index in [0.717, 1.165) is 21.3 Å². The summed E-state index contributed by atoms with van der Waals surface area (Å²) in [5.74, 6) is 0.319. The van der Waals surface area contributed by atoms with E-state index in [1.54, 1.807) is 19.3 Å². The highest BCUT2D eigenvalue weighted by atomic mass is 79.9. The molecule has 3 rings (SSSR count). The zero-order valence-corrected chi connectivity index (χ0v) is 11.7. The standard InChI is InChI=1S/C13H11BrN4O/c1-18-12(19)11(17-13(18)15)4-7-6-16-10-5-8(14)2-3-9(7)10/h2-6,19H,1H3,(H2,15,17)/b7-4-. The third kappa shape index (κ3) is 1.94. The minimum Gasteiger partial charge on any atom is -0.493 e. The summed E-state index contributed by atoms with van der Waals surface area (Å²) >= 11 is 3.41. The lowest BCUT2D eigenvalue weighted by Gasteiger charge is -2.00. The SMILES string of the molecule is Cn1c(N)nc(/C=C2/C=Nc3cc(Br)ccc32)c1O. The van der Waals surface area contributed by atoms with Crippen molar-refractivity contribution in [3.63, 3.8) is 0 Å². The largest absolute Gasteiger partial charge is 0.493 e. The molecule has 5 nitrogen and oxygen atoms in total. The van der Waals surface area contributed by atoms with Crippen molar-refractivity contribution in [3.8, 4) is 5.88 Å². The summed E-state index contributed by atoms with van der Waals surface area (Å²) in [6, 6.07) is 5.87. The van der Waals surface area contributed by atoms with Crippen LogP contribution in [0.4, 0.5) is 11.6 Å². The van der Waals surface area contributed by atoms with Crippen molar-refractivity contribution in [2.24, 2.45) is 12.0 Å². The number of nitrogen functional groups attached to an aromatic ring is 1. The second-order valence-corrected chi connectivity index (χ2v) is 5.17. The van der Waals surface area contributed by atoms with Crippen LogP contribution in [0, 0.1) is 0 Å². The Morgan fingerprint density at radius 2 is 2.21 bits per heavy atom. The van der Waals surface area contributed by atoms with Gasteiger partial charge in [0.25, 0.3) is 0 Å². The number of imidazole rings is 1. The normalized spacial score (nSPS) is 15.2. The van der Waals surface area contributed by atoms with Crippen LogP contribution in [0.2, 0.25) is 0 Å². The molecular formula is C13H11BrN4O. The molecule has 0 aliphatic carbocycles. The lowest BCUT2D eigenvalue weighted by Crippen LogP contribution is -1.95. The van der Waals surface area contributed by atoms with Crippen molar-refractivity contribution in [1.29, 1.82) is 0 Å². The average molecular weight is 319 g/mol. The van der Waals surface area contributed by atoms with Crippen LogP contribution in [0.3, 0.4) is 0 Å². The summed E-state index contributed by atoms with van der Waals surface area (Å²) in [5.41, 5.74) is 8.89. The molecule has 6 heteroatoms. The minimum atomic E-state index is 0.0453. The molecule has 0 atom stereocenters. The highest BCUT2D eigenvalue weighted by Gasteiger charge is 2.15. The van der Waals surface area contributed by atoms with E-state index in [2.05, 4.69) is 25.9 Å². The van der Waals surface area contributed by atoms with Gasteiger partial charge in [0.1, 0.15) is 5.69 Å². The molecule has 96 valence electrons. The van der Waals surface area contributed by atoms with E-state index in [4.69, 9.17) is 5.73 Å². The number of nitrogens with zero attached hydrogens (tertiary/aromatic N) is 3. The number of hydrogen-bond acceptors (Lipinski definition) is 4. The molecular weight excluding hydrogens is 308 g/mol. The topological polar surface area (TPSA) is 76.4 Å². The Morgan fingerprint density at radius 1 is 1.42 bits per heavy atom. The highest BCUT2D eigenvalue weighted by Crippen LogP contribution is 2.35. The van der Waals surface area contributed by atoms with Crippen molar-refractivity contribution in [2.75, 3.05) is 5.73 Å². The van der Waals surface area contributed by atoms with Gasteiger partial charge in [-0.2, -0.15) is 0 Å². The van der Waals surface area contributed by atoms with Gasteiger partial charge in [-0.05, 0) is 18.2 Å². The molecule has 0 amide bonds. The number of allylic oxidation sites excluding steroid dienone is 1. The summed E-state index contributed by atoms with van der Waals surface area (Å²) in [6.07, 6.45) is 3.52. The zero-order chi connectivity index (χ0) is 13.6. The minimum absolute atomic E-state index is 0.0453. The van der Waals surface area contributed by atoms with Gasteiger partial charge in [-0.15, -0.1) is 0 Å². The van der Waals surface area contributed by atoms with Crippen molar-refractivity contribution < 1.29 is 5.11 Å². The van der Waals surface area contributed by atoms with Crippen molar-refractivity contribution in [1.82, 2.24) is 9.55 Å². The van der Waals surface area contributed by atoms with Crippen molar-refractivity contribution in [3.05, 3.63) is 33.9 Å². The third-order valence-electron chi connectivity index (χ3n) is 3.03. The van der Waals surface area contributed by atoms with Gasteiger partial charge in [0, 0.05) is 28.9 Å². The molecule has 0 radical (unpaired) electrons. The molecule has 0 fully saturated rings. The van der Waals surface area contributed by atoms with Crippen LogP contribution in [-0.2, 0) is 7.05 Å². The number of aliphatic imine (C=N–C) groups is 1. The lowest BCUT2D eigenvalue weighted by molar-refractivity contribution is 0.432. The van der Waals surface area contributed by atoms with E-state index in [-0.39, 0.29) is 11.8 Å². The van der Waals surface area contributed by atoms with Gasteiger partial charge in [0.2, 0.25) is 11.8 Å². The average Bonchev–Trinajstić information content (AvgIpc) is 2.87. The molecule has 0 spiro atoms. The Balaban J connectivity index is 2.08. The molecule has 0 saturated carbocycles. The first kappa shape index (κ1) is 12.0. The third-order valence-corrected chi connectivity index (χ3v) is 3.52. The van der Waals surface area contributed by atoms with E-state index in [9.17, 15) is 5.11 Å². The highest BCUT2D eigenvalue weighted by molar-refractivity contribution is 9.10. The first-order chi connectivity index (χ1) is 9.06. The molecule has 2 aromatic rings. The number of fused-ring (bicyclic) bond motifs is 1. The smallest absolute Gasteiger partial charge is 0.220 e. The van der Waals surface area contributed by atoms with Crippen LogP contribution in [0.5, 0.6) is 5.88 Å². The first-order valence-electron chi connectivity index (χ1n) is 5.63. The fourth-order valence-electron chi connectivity index (χ4n) is 1.95. The van der Waals surface area contributed by atoms with Crippen LogP contribution < -0.4 is 5.73 Å². The number of aromatic nitrogens is 2. The van der Waals surface area contributed by atoms with Gasteiger partial charge in [0.15, 0.2) is 0 Å². The van der Waals surface area contributed by atoms with E-state index in [1.165, 1.54) is 4.57 Å². The lowest BCUT2D eigenvalue weighted by atomic mass is 10.1. The van der Waals surface area contributed by atoms with Crippen LogP contribution >= 0.6 is 15.9 Å². The van der Waals surface area contributed by atoms with Crippen molar-refractivity contribution in [2.45, 2.75) is 0 Å². The number of benzene rings is 1. The fourth-order valence-corrected chi connectivity index (χ4v) is 2.30. The molecule has 0 unspecified atom stereocenters. The van der Waals surface area contributed by atoms with E-state index < -0.39 is 0 Å². The first-order valence-corrected chi connectivity index (χ1v) is 6.42. The Bertz CT molecular complexity index is 730. The Kier molecular flexibility index (Phi) is 2.67. The predicted molar refractivity (Wildman–Crippen MR) is 79.5 cm³/mol. The maximum atomic E-state index is 9.89. The van der Waals surface area contributed by atoms with Gasteiger partial charge in [-0.1, -0.05) is 22.0 Å². The molecule has 3 N–H and O–H groups in total. The number of aromatic hydroxyl groups is 1. The molecule has 1 aliphatic rings. The van der Waals surface area contributed by atoms with Gasteiger partial charge in [-0.25, -0.2) is 4.98 Å². The second kappa shape index (κ2) is 4.24. The van der Waals surface area contributed by atoms with E-state index >= 15 is 0 Å². The number of hydrogen-bond donors (Lipinski definition) is 2. The summed E-state index contributed by atoms with van der Waals surface area (Å²) in [5, 5.41) is 9.89. The van der Waals surface area contributed by atoms with Gasteiger partial charge in [-0.3, -0.25) is 9.56 Å². The summed E-state index contributed by atoms with van der Waals surface area (Å²) in [6.45, 7) is 0. The maximum absolute atomic E-state index is 9.89. The fraction of sp³-hybridized carbons (Fsp3) is 0.0769. The molecule has 1 aliphatic heterocycles. The number of nitrogens with two attached hydrogens (primary N) is 1. The van der Waals surface area contributed by atoms with Crippen molar-refractivity contribution >= 4 is 45.4 Å². The number of rotatable bonds is 1. The van der Waals surface area contributed by atoms with Gasteiger partial charge < -0.3 is 10.8 Å². The van der Waals surface area contributed by atoms with Crippen LogP contribution in [0.1, 0.15) is 11.3 Å². The van der Waals surface area contributed by atoms with Crippen LogP contribution in [0.25, 0.3) is 11.6 Å². The van der Waals surface area contributed by atoms with Crippen LogP contribution in [0.15, 0.2) is 27.7 Å². The Labute approximate surface area is 118 Å². The van der Waals surface area contributed by atoms with E-state index in [1.807, 2.05) is 18.2 Å².